The molecule has 134 valence electrons. The van der Waals surface area contributed by atoms with Crippen LogP contribution in [0.25, 0.3) is 10.9 Å². The van der Waals surface area contributed by atoms with Crippen molar-refractivity contribution in [2.75, 3.05) is 13.1 Å². The number of carboxylic acids is 1. The second kappa shape index (κ2) is 5.50. The van der Waals surface area contributed by atoms with Gasteiger partial charge in [-0.05, 0) is 43.5 Å². The number of aromatic amines is 1. The number of nitrogens with one attached hydrogen (secondary N) is 1. The number of aromatic nitrogens is 1. The van der Waals surface area contributed by atoms with Crippen molar-refractivity contribution in [3.05, 3.63) is 35.0 Å². The number of aliphatic carboxylic acids is 1. The molecule has 1 amide bonds. The van der Waals surface area contributed by atoms with Gasteiger partial charge >= 0.3 is 12.1 Å². The third-order valence-electron chi connectivity index (χ3n) is 4.83. The van der Waals surface area contributed by atoms with Gasteiger partial charge in [-0.1, -0.05) is 6.07 Å². The first-order valence-electron chi connectivity index (χ1n) is 7.74. The van der Waals surface area contributed by atoms with E-state index in [4.69, 9.17) is 5.11 Å². The smallest absolute Gasteiger partial charge is 0.406 e. The fourth-order valence-corrected chi connectivity index (χ4v) is 3.40. The van der Waals surface area contributed by atoms with Gasteiger partial charge in [0.25, 0.3) is 5.91 Å². The largest absolute Gasteiger partial charge is 0.481 e. The number of H-pyrrole nitrogens is 1. The van der Waals surface area contributed by atoms with Gasteiger partial charge in [-0.2, -0.15) is 13.2 Å². The van der Waals surface area contributed by atoms with Crippen LogP contribution in [0.5, 0.6) is 0 Å². The maximum absolute atomic E-state index is 13.2. The van der Waals surface area contributed by atoms with Gasteiger partial charge in [0.05, 0.1) is 0 Å². The Morgan fingerprint density at radius 2 is 1.92 bits per heavy atom. The molecule has 1 fully saturated rings. The Morgan fingerprint density at radius 3 is 2.48 bits per heavy atom. The van der Waals surface area contributed by atoms with E-state index < -0.39 is 36.4 Å². The van der Waals surface area contributed by atoms with E-state index in [0.717, 1.165) is 26.9 Å². The summed E-state index contributed by atoms with van der Waals surface area (Å²) in [5.74, 6) is -2.57. The van der Waals surface area contributed by atoms with Crippen molar-refractivity contribution in [3.8, 4) is 0 Å². The number of amides is 1. The number of carbonyl (C=O) groups excluding carboxylic acids is 1. The standard InChI is InChI=1S/C17H17F3N2O3/c1-9-5-10(2)11-7-13(21-12(11)6-9)14(23)22-4-3-16(8-22,15(24)25)17(18,19)20/h5-7,21H,3-4,8H2,1-2H3,(H,24,25). The molecule has 2 heterocycles. The van der Waals surface area contributed by atoms with Crippen LogP contribution in [0.15, 0.2) is 18.2 Å². The van der Waals surface area contributed by atoms with Crippen molar-refractivity contribution >= 4 is 22.8 Å². The summed E-state index contributed by atoms with van der Waals surface area (Å²) in [6, 6.07) is 5.39. The summed E-state index contributed by atoms with van der Waals surface area (Å²) in [7, 11) is 0. The van der Waals surface area contributed by atoms with E-state index in [1.54, 1.807) is 6.07 Å². The number of aryl methyl sites for hydroxylation is 2. The molecule has 0 saturated carbocycles. The summed E-state index contributed by atoms with van der Waals surface area (Å²) < 4.78 is 39.7. The predicted molar refractivity (Wildman–Crippen MR) is 84.4 cm³/mol. The Hall–Kier alpha value is -2.51. The Balaban J connectivity index is 1.92. The van der Waals surface area contributed by atoms with Crippen molar-refractivity contribution in [1.29, 1.82) is 0 Å². The molecular weight excluding hydrogens is 337 g/mol. The van der Waals surface area contributed by atoms with Crippen LogP contribution in [-0.4, -0.2) is 46.1 Å². The number of fused-ring (bicyclic) bond motifs is 1. The van der Waals surface area contributed by atoms with Crippen molar-refractivity contribution in [1.82, 2.24) is 9.88 Å². The zero-order valence-corrected chi connectivity index (χ0v) is 13.7. The van der Waals surface area contributed by atoms with Crippen LogP contribution in [0.3, 0.4) is 0 Å². The number of benzene rings is 1. The molecule has 1 aromatic heterocycles. The summed E-state index contributed by atoms with van der Waals surface area (Å²) in [6.45, 7) is 2.65. The number of likely N-dealkylation sites (tertiary alicyclic amines) is 1. The minimum absolute atomic E-state index is 0.159. The fraction of sp³-hybridized carbons (Fsp3) is 0.412. The highest BCUT2D eigenvalue weighted by Gasteiger charge is 2.64. The summed E-state index contributed by atoms with van der Waals surface area (Å²) in [6.07, 6.45) is -5.56. The van der Waals surface area contributed by atoms with Crippen LogP contribution >= 0.6 is 0 Å². The van der Waals surface area contributed by atoms with Crippen LogP contribution in [-0.2, 0) is 4.79 Å². The van der Waals surface area contributed by atoms with E-state index in [0.29, 0.717) is 0 Å². The van der Waals surface area contributed by atoms with E-state index in [9.17, 15) is 22.8 Å². The molecule has 1 saturated heterocycles. The van der Waals surface area contributed by atoms with Gasteiger partial charge in [-0.25, -0.2) is 0 Å². The first kappa shape index (κ1) is 17.3. The first-order valence-corrected chi connectivity index (χ1v) is 7.74. The molecule has 2 aromatic rings. The van der Waals surface area contributed by atoms with Crippen LogP contribution in [0.4, 0.5) is 13.2 Å². The zero-order chi connectivity index (χ0) is 18.6. The number of alkyl halides is 3. The average molecular weight is 354 g/mol. The molecule has 3 rings (SSSR count). The van der Waals surface area contributed by atoms with Gasteiger partial charge in [0.15, 0.2) is 5.41 Å². The molecule has 0 spiro atoms. The molecule has 0 bridgehead atoms. The lowest BCUT2D eigenvalue weighted by Gasteiger charge is -2.27. The van der Waals surface area contributed by atoms with Gasteiger partial charge in [0, 0.05) is 24.0 Å². The van der Waals surface area contributed by atoms with Gasteiger partial charge in [0.2, 0.25) is 0 Å². The third kappa shape index (κ3) is 2.65. The van der Waals surface area contributed by atoms with E-state index in [2.05, 4.69) is 4.98 Å². The maximum Gasteiger partial charge on any atom is 0.406 e. The van der Waals surface area contributed by atoms with E-state index >= 15 is 0 Å². The second-order valence-electron chi connectivity index (χ2n) is 6.59. The highest BCUT2D eigenvalue weighted by atomic mass is 19.4. The average Bonchev–Trinajstić information content (AvgIpc) is 3.10. The Labute approximate surface area is 141 Å². The third-order valence-corrected chi connectivity index (χ3v) is 4.83. The van der Waals surface area contributed by atoms with Gasteiger partial charge in [-0.15, -0.1) is 0 Å². The van der Waals surface area contributed by atoms with Crippen LogP contribution in [0.1, 0.15) is 28.0 Å². The number of halogens is 3. The minimum Gasteiger partial charge on any atom is -0.481 e. The predicted octanol–water partition coefficient (Wildman–Crippen LogP) is 3.26. The molecule has 0 radical (unpaired) electrons. The summed E-state index contributed by atoms with van der Waals surface area (Å²) >= 11 is 0. The van der Waals surface area contributed by atoms with E-state index in [1.165, 1.54) is 0 Å². The highest BCUT2D eigenvalue weighted by molar-refractivity contribution is 5.99. The summed E-state index contributed by atoms with van der Waals surface area (Å²) in [4.78, 5) is 27.7. The van der Waals surface area contributed by atoms with E-state index in [1.807, 2.05) is 26.0 Å². The quantitative estimate of drug-likeness (QED) is 0.869. The second-order valence-corrected chi connectivity index (χ2v) is 6.59. The number of nitrogens with zero attached hydrogens (tertiary/aromatic N) is 1. The lowest BCUT2D eigenvalue weighted by molar-refractivity contribution is -0.227. The Morgan fingerprint density at radius 1 is 1.24 bits per heavy atom. The SMILES string of the molecule is Cc1cc(C)c2cc(C(=O)N3CCC(C(=O)O)(C(F)(F)F)C3)[nH]c2c1. The Kier molecular flexibility index (Phi) is 3.81. The van der Waals surface area contributed by atoms with Gasteiger partial charge < -0.3 is 15.0 Å². The molecule has 1 aliphatic rings. The van der Waals surface area contributed by atoms with Crippen LogP contribution < -0.4 is 0 Å². The molecule has 25 heavy (non-hydrogen) atoms. The van der Waals surface area contributed by atoms with Gasteiger partial charge in [0.1, 0.15) is 5.69 Å². The van der Waals surface area contributed by atoms with Crippen LogP contribution in [0, 0.1) is 19.3 Å². The van der Waals surface area contributed by atoms with Gasteiger partial charge in [-0.3, -0.25) is 9.59 Å². The molecular formula is C17H17F3N2O3. The van der Waals surface area contributed by atoms with Crippen molar-refractivity contribution in [2.45, 2.75) is 26.4 Å². The number of rotatable bonds is 2. The van der Waals surface area contributed by atoms with Crippen molar-refractivity contribution < 1.29 is 27.9 Å². The number of carbonyl (C=O) groups is 2. The van der Waals surface area contributed by atoms with Crippen molar-refractivity contribution in [3.63, 3.8) is 0 Å². The monoisotopic (exact) mass is 354 g/mol. The minimum atomic E-state index is -4.91. The molecule has 1 atom stereocenters. The molecule has 1 aliphatic heterocycles. The normalized spacial score (nSPS) is 21.1. The molecule has 2 N–H and O–H groups in total. The molecule has 1 unspecified atom stereocenters. The number of carboxylic acid groups (broad SMARTS) is 1. The Bertz CT molecular complexity index is 872. The lowest BCUT2D eigenvalue weighted by Crippen LogP contribution is -2.47. The van der Waals surface area contributed by atoms with E-state index in [-0.39, 0.29) is 12.2 Å². The summed E-state index contributed by atoms with van der Waals surface area (Å²) in [5.41, 5.74) is -0.0791. The molecule has 1 aromatic carbocycles. The maximum atomic E-state index is 13.2. The summed E-state index contributed by atoms with van der Waals surface area (Å²) in [5, 5.41) is 9.90. The first-order chi connectivity index (χ1) is 11.5. The molecule has 8 heteroatoms. The highest BCUT2D eigenvalue weighted by Crippen LogP contribution is 2.46. The number of hydrogen-bond donors (Lipinski definition) is 2. The topological polar surface area (TPSA) is 73.4 Å². The van der Waals surface area contributed by atoms with Crippen LogP contribution in [0.2, 0.25) is 0 Å². The van der Waals surface area contributed by atoms with Crippen molar-refractivity contribution in [2.24, 2.45) is 5.41 Å². The zero-order valence-electron chi connectivity index (χ0n) is 13.7. The lowest BCUT2D eigenvalue weighted by atomic mass is 9.86. The fourth-order valence-electron chi connectivity index (χ4n) is 3.40. The number of hydrogen-bond acceptors (Lipinski definition) is 2. The molecule has 0 aliphatic carbocycles. The molecule has 5 nitrogen and oxygen atoms in total.